The van der Waals surface area contributed by atoms with Crippen molar-refractivity contribution in [2.45, 2.75) is 31.2 Å². The number of pyridine rings is 1. The molecule has 0 saturated carbocycles. The molecule has 2 aromatic carbocycles. The van der Waals surface area contributed by atoms with Gasteiger partial charge in [0.15, 0.2) is 9.84 Å². The summed E-state index contributed by atoms with van der Waals surface area (Å²) < 4.78 is 23.3. The number of benzene rings is 2. The van der Waals surface area contributed by atoms with Crippen LogP contribution in [0.5, 0.6) is 0 Å². The second-order valence-corrected chi connectivity index (χ2v) is 11.0. The fourth-order valence-corrected chi connectivity index (χ4v) is 3.96. The minimum Gasteiger partial charge on any atom is -0.347 e. The van der Waals surface area contributed by atoms with E-state index in [1.807, 2.05) is 26.8 Å². The molecule has 0 unspecified atom stereocenters. The zero-order valence-electron chi connectivity index (χ0n) is 18.6. The van der Waals surface area contributed by atoms with Crippen molar-refractivity contribution in [2.24, 2.45) is 0 Å². The molecule has 2 amide bonds. The van der Waals surface area contributed by atoms with Crippen molar-refractivity contribution in [3.05, 3.63) is 76.9 Å². The molecule has 0 fully saturated rings. The number of aromatic nitrogens is 1. The van der Waals surface area contributed by atoms with Gasteiger partial charge in [-0.1, -0.05) is 23.7 Å². The topological polar surface area (TPSA) is 105 Å². The fourth-order valence-electron chi connectivity index (χ4n) is 2.98. The van der Waals surface area contributed by atoms with Crippen LogP contribution in [0, 0.1) is 0 Å². The summed E-state index contributed by atoms with van der Waals surface area (Å²) in [7, 11) is -3.43. The molecule has 3 rings (SSSR count). The van der Waals surface area contributed by atoms with E-state index in [1.54, 1.807) is 30.3 Å². The third-order valence-electron chi connectivity index (χ3n) is 4.54. The molecule has 1 heterocycles. The summed E-state index contributed by atoms with van der Waals surface area (Å²) in [4.78, 5) is 29.4. The lowest BCUT2D eigenvalue weighted by Gasteiger charge is -2.20. The first kappa shape index (κ1) is 24.4. The molecule has 172 valence electrons. The molecule has 0 atom stereocenters. The largest absolute Gasteiger partial charge is 0.347 e. The van der Waals surface area contributed by atoms with Crippen molar-refractivity contribution < 1.29 is 18.0 Å². The molecule has 0 radical (unpaired) electrons. The number of hydrogen-bond donors (Lipinski definition) is 2. The molecule has 0 bridgehead atoms. The maximum absolute atomic E-state index is 12.7. The van der Waals surface area contributed by atoms with E-state index >= 15 is 0 Å². The first-order valence-corrected chi connectivity index (χ1v) is 12.3. The number of carbonyl (C=O) groups excluding carboxylic acids is 2. The molecule has 3 aromatic rings. The van der Waals surface area contributed by atoms with Crippen LogP contribution in [0.4, 0.5) is 5.69 Å². The molecule has 1 aromatic heterocycles. The molecule has 7 nitrogen and oxygen atoms in total. The number of rotatable bonds is 5. The minimum atomic E-state index is -3.43. The molecule has 0 saturated heterocycles. The Hall–Kier alpha value is -3.23. The average molecular weight is 486 g/mol. The highest BCUT2D eigenvalue weighted by Gasteiger charge is 2.17. The summed E-state index contributed by atoms with van der Waals surface area (Å²) in [6.07, 6.45) is 2.58. The Morgan fingerprint density at radius 1 is 0.970 bits per heavy atom. The lowest BCUT2D eigenvalue weighted by atomic mass is 10.1. The molecule has 0 aliphatic rings. The number of amides is 2. The van der Waals surface area contributed by atoms with Crippen molar-refractivity contribution in [3.8, 4) is 11.3 Å². The van der Waals surface area contributed by atoms with Gasteiger partial charge >= 0.3 is 0 Å². The van der Waals surface area contributed by atoms with Gasteiger partial charge in [0.05, 0.1) is 26.7 Å². The van der Waals surface area contributed by atoms with E-state index in [2.05, 4.69) is 15.6 Å². The summed E-state index contributed by atoms with van der Waals surface area (Å²) in [6.45, 7) is 5.71. The first-order valence-electron chi connectivity index (χ1n) is 10.0. The number of nitrogens with one attached hydrogen (secondary N) is 2. The van der Waals surface area contributed by atoms with E-state index in [1.165, 1.54) is 24.4 Å². The normalized spacial score (nSPS) is 11.7. The van der Waals surface area contributed by atoms with Crippen LogP contribution in [-0.4, -0.2) is 37.0 Å². The Bertz CT molecular complexity index is 1310. The van der Waals surface area contributed by atoms with Gasteiger partial charge in [-0.05, 0) is 63.2 Å². The molecule has 0 spiro atoms. The van der Waals surface area contributed by atoms with Crippen LogP contribution in [0.3, 0.4) is 0 Å². The van der Waals surface area contributed by atoms with Gasteiger partial charge in [0.2, 0.25) is 0 Å². The quantitative estimate of drug-likeness (QED) is 0.550. The fraction of sp³-hybridized carbons (Fsp3) is 0.208. The Morgan fingerprint density at radius 2 is 1.70 bits per heavy atom. The number of sulfone groups is 1. The lowest BCUT2D eigenvalue weighted by molar-refractivity contribution is 0.0918. The van der Waals surface area contributed by atoms with Crippen LogP contribution < -0.4 is 10.6 Å². The number of nitrogens with zero attached hydrogens (tertiary/aromatic N) is 1. The number of hydrogen-bond acceptors (Lipinski definition) is 5. The van der Waals surface area contributed by atoms with E-state index in [9.17, 15) is 18.0 Å². The van der Waals surface area contributed by atoms with Gasteiger partial charge in [0, 0.05) is 29.2 Å². The van der Waals surface area contributed by atoms with Crippen LogP contribution in [-0.2, 0) is 9.84 Å². The summed E-state index contributed by atoms with van der Waals surface area (Å²) >= 11 is 6.14. The zero-order chi connectivity index (χ0) is 24.4. The molecular formula is C24H24ClN3O4S. The molecule has 9 heteroatoms. The Morgan fingerprint density at radius 3 is 2.27 bits per heavy atom. The minimum absolute atomic E-state index is 0.0387. The second kappa shape index (κ2) is 9.33. The molecular weight excluding hydrogens is 462 g/mol. The maximum atomic E-state index is 12.7. The SMILES string of the molecule is CC(C)(C)NC(=O)c1ccc(-c2cccc(NC(=O)c3ccc(S(C)(=O)=O)cc3Cl)c2)nc1. The Kier molecular flexibility index (Phi) is 6.90. The molecule has 0 aliphatic carbocycles. The van der Waals surface area contributed by atoms with Crippen molar-refractivity contribution in [1.82, 2.24) is 10.3 Å². The van der Waals surface area contributed by atoms with Crippen molar-refractivity contribution in [1.29, 1.82) is 0 Å². The average Bonchev–Trinajstić information content (AvgIpc) is 2.72. The van der Waals surface area contributed by atoms with E-state index in [4.69, 9.17) is 11.6 Å². The highest BCUT2D eigenvalue weighted by atomic mass is 35.5. The van der Waals surface area contributed by atoms with Gasteiger partial charge in [0.25, 0.3) is 11.8 Å². The van der Waals surface area contributed by atoms with Crippen molar-refractivity contribution in [3.63, 3.8) is 0 Å². The Balaban J connectivity index is 1.78. The van der Waals surface area contributed by atoms with Crippen molar-refractivity contribution in [2.75, 3.05) is 11.6 Å². The van der Waals surface area contributed by atoms with Crippen LogP contribution in [0.25, 0.3) is 11.3 Å². The molecule has 2 N–H and O–H groups in total. The number of anilines is 1. The summed E-state index contributed by atoms with van der Waals surface area (Å²) in [6, 6.07) is 14.5. The second-order valence-electron chi connectivity index (χ2n) is 8.58. The van der Waals surface area contributed by atoms with Gasteiger partial charge < -0.3 is 10.6 Å². The standard InChI is InChI=1S/C24H24ClN3O4S/c1-24(2,3)28-22(29)16-8-11-21(26-14-16)15-6-5-7-17(12-15)27-23(30)19-10-9-18(13-20(19)25)33(4,31)32/h5-14H,1-4H3,(H,27,30)(H,28,29). The predicted octanol–water partition coefficient (Wildman–Crippen LogP) is 4.59. The first-order chi connectivity index (χ1) is 15.3. The highest BCUT2D eigenvalue weighted by Crippen LogP contribution is 2.24. The summed E-state index contributed by atoms with van der Waals surface area (Å²) in [5.41, 5.74) is 2.14. The van der Waals surface area contributed by atoms with Gasteiger partial charge in [0.1, 0.15) is 0 Å². The molecule has 0 aliphatic heterocycles. The smallest absolute Gasteiger partial charge is 0.257 e. The van der Waals surface area contributed by atoms with Gasteiger partial charge in [-0.25, -0.2) is 8.42 Å². The van der Waals surface area contributed by atoms with Gasteiger partial charge in [-0.3, -0.25) is 14.6 Å². The Labute approximate surface area is 198 Å². The van der Waals surface area contributed by atoms with Crippen LogP contribution in [0.1, 0.15) is 41.5 Å². The van der Waals surface area contributed by atoms with E-state index in [-0.39, 0.29) is 26.9 Å². The number of halogens is 1. The highest BCUT2D eigenvalue weighted by molar-refractivity contribution is 7.90. The number of carbonyl (C=O) groups is 2. The summed E-state index contributed by atoms with van der Waals surface area (Å²) in [5.74, 6) is -0.680. The van der Waals surface area contributed by atoms with Crippen LogP contribution >= 0.6 is 11.6 Å². The van der Waals surface area contributed by atoms with E-state index in [0.717, 1.165) is 11.8 Å². The monoisotopic (exact) mass is 485 g/mol. The van der Waals surface area contributed by atoms with Gasteiger partial charge in [-0.15, -0.1) is 0 Å². The van der Waals surface area contributed by atoms with Crippen LogP contribution in [0.2, 0.25) is 5.02 Å². The molecule has 33 heavy (non-hydrogen) atoms. The van der Waals surface area contributed by atoms with Crippen LogP contribution in [0.15, 0.2) is 65.7 Å². The third kappa shape index (κ3) is 6.40. The third-order valence-corrected chi connectivity index (χ3v) is 5.97. The van der Waals surface area contributed by atoms with E-state index < -0.39 is 15.7 Å². The zero-order valence-corrected chi connectivity index (χ0v) is 20.2. The van der Waals surface area contributed by atoms with Crippen molar-refractivity contribution >= 4 is 38.9 Å². The van der Waals surface area contributed by atoms with Gasteiger partial charge in [-0.2, -0.15) is 0 Å². The van der Waals surface area contributed by atoms with E-state index in [0.29, 0.717) is 16.9 Å². The lowest BCUT2D eigenvalue weighted by Crippen LogP contribution is -2.40. The summed E-state index contributed by atoms with van der Waals surface area (Å²) in [5, 5.41) is 5.68. The maximum Gasteiger partial charge on any atom is 0.257 e. The predicted molar refractivity (Wildman–Crippen MR) is 129 cm³/mol.